The quantitative estimate of drug-likeness (QED) is 0.637. The Morgan fingerprint density at radius 3 is 2.81 bits per heavy atom. The van der Waals surface area contributed by atoms with E-state index in [0.29, 0.717) is 13.2 Å². The van der Waals surface area contributed by atoms with Crippen molar-refractivity contribution in [1.29, 1.82) is 0 Å². The summed E-state index contributed by atoms with van der Waals surface area (Å²) in [4.78, 5) is 0. The van der Waals surface area contributed by atoms with Crippen LogP contribution in [0.2, 0.25) is 0 Å². The first-order chi connectivity index (χ1) is 7.83. The molecule has 4 heteroatoms. The van der Waals surface area contributed by atoms with Crippen molar-refractivity contribution in [1.82, 2.24) is 0 Å². The van der Waals surface area contributed by atoms with Crippen LogP contribution in [-0.4, -0.2) is 46.7 Å². The molecular weight excluding hydrogens is 206 g/mol. The fourth-order valence-electron chi connectivity index (χ4n) is 2.16. The summed E-state index contributed by atoms with van der Waals surface area (Å²) in [6.45, 7) is 4.59. The summed E-state index contributed by atoms with van der Waals surface area (Å²) in [5.74, 6) is 0. The molecule has 0 aromatic carbocycles. The highest BCUT2D eigenvalue weighted by Crippen LogP contribution is 2.32. The third kappa shape index (κ3) is 4.78. The molecule has 1 rings (SSSR count). The summed E-state index contributed by atoms with van der Waals surface area (Å²) in [5.41, 5.74) is 6.07. The van der Waals surface area contributed by atoms with Crippen LogP contribution in [0.4, 0.5) is 0 Å². The highest BCUT2D eigenvalue weighted by molar-refractivity contribution is 4.82. The molecule has 1 aliphatic heterocycles. The maximum Gasteiger partial charge on any atom is 0.0700 e. The second-order valence-corrected chi connectivity index (χ2v) is 4.57. The molecule has 0 amide bonds. The highest BCUT2D eigenvalue weighted by atomic mass is 16.5. The van der Waals surface area contributed by atoms with Gasteiger partial charge in [0.1, 0.15) is 0 Å². The molecule has 1 fully saturated rings. The molecule has 0 aromatic rings. The van der Waals surface area contributed by atoms with Crippen LogP contribution in [0, 0.1) is 5.41 Å². The number of methoxy groups -OCH3 is 1. The molecule has 0 radical (unpaired) electrons. The molecule has 0 spiro atoms. The van der Waals surface area contributed by atoms with Gasteiger partial charge in [0.15, 0.2) is 0 Å². The highest BCUT2D eigenvalue weighted by Gasteiger charge is 2.30. The van der Waals surface area contributed by atoms with E-state index in [0.717, 1.165) is 45.6 Å². The Morgan fingerprint density at radius 2 is 2.19 bits per heavy atom. The lowest BCUT2D eigenvalue weighted by Crippen LogP contribution is -2.38. The normalized spacial score (nSPS) is 25.9. The van der Waals surface area contributed by atoms with Crippen molar-refractivity contribution < 1.29 is 14.2 Å². The van der Waals surface area contributed by atoms with Gasteiger partial charge in [0.25, 0.3) is 0 Å². The molecule has 1 saturated heterocycles. The van der Waals surface area contributed by atoms with Gasteiger partial charge in [-0.1, -0.05) is 0 Å². The molecule has 0 bridgehead atoms. The van der Waals surface area contributed by atoms with Crippen molar-refractivity contribution in [3.63, 3.8) is 0 Å². The largest absolute Gasteiger partial charge is 0.382 e. The van der Waals surface area contributed by atoms with Gasteiger partial charge in [-0.05, 0) is 25.7 Å². The topological polar surface area (TPSA) is 53.7 Å². The van der Waals surface area contributed by atoms with E-state index in [1.54, 1.807) is 7.11 Å². The van der Waals surface area contributed by atoms with Crippen molar-refractivity contribution in [3.05, 3.63) is 0 Å². The number of nitrogens with two attached hydrogens (primary N) is 1. The SMILES string of the molecule is COCCOCCCC1(CN)CCCOC1. The molecule has 0 aromatic heterocycles. The number of hydrogen-bond acceptors (Lipinski definition) is 4. The van der Waals surface area contributed by atoms with E-state index in [-0.39, 0.29) is 5.41 Å². The third-order valence-corrected chi connectivity index (χ3v) is 3.26. The van der Waals surface area contributed by atoms with Gasteiger partial charge >= 0.3 is 0 Å². The first kappa shape index (κ1) is 13.9. The van der Waals surface area contributed by atoms with Crippen LogP contribution < -0.4 is 5.73 Å². The molecular formula is C12H25NO3. The Kier molecular flexibility index (Phi) is 6.96. The molecule has 1 unspecified atom stereocenters. The molecule has 0 aliphatic carbocycles. The summed E-state index contributed by atoms with van der Waals surface area (Å²) in [6, 6.07) is 0. The maximum atomic E-state index is 5.86. The predicted molar refractivity (Wildman–Crippen MR) is 63.5 cm³/mol. The standard InChI is InChI=1S/C12H25NO3/c1-14-8-9-15-6-2-4-12(10-13)5-3-7-16-11-12/h2-11,13H2,1H3. The van der Waals surface area contributed by atoms with Crippen LogP contribution in [0.25, 0.3) is 0 Å². The van der Waals surface area contributed by atoms with Gasteiger partial charge < -0.3 is 19.9 Å². The van der Waals surface area contributed by atoms with Crippen LogP contribution in [0.15, 0.2) is 0 Å². The number of hydrogen-bond donors (Lipinski definition) is 1. The van der Waals surface area contributed by atoms with Crippen LogP contribution in [-0.2, 0) is 14.2 Å². The molecule has 1 atom stereocenters. The number of rotatable bonds is 8. The number of ether oxygens (including phenoxy) is 3. The molecule has 1 aliphatic rings. The van der Waals surface area contributed by atoms with Gasteiger partial charge in [-0.15, -0.1) is 0 Å². The predicted octanol–water partition coefficient (Wildman–Crippen LogP) is 1.19. The lowest BCUT2D eigenvalue weighted by atomic mass is 9.79. The Bertz CT molecular complexity index is 170. The lowest BCUT2D eigenvalue weighted by Gasteiger charge is -2.36. The van der Waals surface area contributed by atoms with E-state index in [2.05, 4.69) is 0 Å². The molecule has 96 valence electrons. The molecule has 0 saturated carbocycles. The van der Waals surface area contributed by atoms with Gasteiger partial charge in [-0.2, -0.15) is 0 Å². The van der Waals surface area contributed by atoms with E-state index < -0.39 is 0 Å². The van der Waals surface area contributed by atoms with Gasteiger partial charge in [0, 0.05) is 32.3 Å². The fourth-order valence-corrected chi connectivity index (χ4v) is 2.16. The van der Waals surface area contributed by atoms with E-state index in [9.17, 15) is 0 Å². The Balaban J connectivity index is 2.08. The van der Waals surface area contributed by atoms with Gasteiger partial charge in [0.2, 0.25) is 0 Å². The van der Waals surface area contributed by atoms with E-state index >= 15 is 0 Å². The first-order valence-corrected chi connectivity index (χ1v) is 6.17. The van der Waals surface area contributed by atoms with Gasteiger partial charge in [-0.25, -0.2) is 0 Å². The zero-order chi connectivity index (χ0) is 11.7. The second kappa shape index (κ2) is 8.01. The lowest BCUT2D eigenvalue weighted by molar-refractivity contribution is -0.0139. The third-order valence-electron chi connectivity index (χ3n) is 3.26. The average molecular weight is 231 g/mol. The van der Waals surface area contributed by atoms with Crippen LogP contribution in [0.1, 0.15) is 25.7 Å². The summed E-state index contributed by atoms with van der Waals surface area (Å²) >= 11 is 0. The first-order valence-electron chi connectivity index (χ1n) is 6.17. The van der Waals surface area contributed by atoms with Crippen molar-refractivity contribution in [2.24, 2.45) is 11.1 Å². The molecule has 1 heterocycles. The molecule has 16 heavy (non-hydrogen) atoms. The maximum absolute atomic E-state index is 5.86. The fraction of sp³-hybridized carbons (Fsp3) is 1.00. The molecule has 4 nitrogen and oxygen atoms in total. The monoisotopic (exact) mass is 231 g/mol. The Hall–Kier alpha value is -0.160. The molecule has 2 N–H and O–H groups in total. The van der Waals surface area contributed by atoms with Crippen molar-refractivity contribution in [3.8, 4) is 0 Å². The minimum absolute atomic E-state index is 0.211. The minimum atomic E-state index is 0.211. The van der Waals surface area contributed by atoms with Crippen molar-refractivity contribution in [2.45, 2.75) is 25.7 Å². The van der Waals surface area contributed by atoms with Crippen molar-refractivity contribution in [2.75, 3.05) is 46.7 Å². The van der Waals surface area contributed by atoms with Crippen molar-refractivity contribution >= 4 is 0 Å². The van der Waals surface area contributed by atoms with E-state index in [4.69, 9.17) is 19.9 Å². The summed E-state index contributed by atoms with van der Waals surface area (Å²) in [7, 11) is 1.69. The summed E-state index contributed by atoms with van der Waals surface area (Å²) in [5, 5.41) is 0. The van der Waals surface area contributed by atoms with Gasteiger partial charge in [0.05, 0.1) is 19.8 Å². The van der Waals surface area contributed by atoms with E-state index in [1.807, 2.05) is 0 Å². The Labute approximate surface area is 98.4 Å². The zero-order valence-electron chi connectivity index (χ0n) is 10.4. The minimum Gasteiger partial charge on any atom is -0.382 e. The van der Waals surface area contributed by atoms with Crippen LogP contribution >= 0.6 is 0 Å². The zero-order valence-corrected chi connectivity index (χ0v) is 10.4. The second-order valence-electron chi connectivity index (χ2n) is 4.57. The van der Waals surface area contributed by atoms with Crippen LogP contribution in [0.3, 0.4) is 0 Å². The van der Waals surface area contributed by atoms with E-state index in [1.165, 1.54) is 6.42 Å². The summed E-state index contributed by atoms with van der Waals surface area (Å²) < 4.78 is 15.9. The average Bonchev–Trinajstić information content (AvgIpc) is 2.35. The smallest absolute Gasteiger partial charge is 0.0700 e. The van der Waals surface area contributed by atoms with Crippen LogP contribution in [0.5, 0.6) is 0 Å². The Morgan fingerprint density at radius 1 is 1.31 bits per heavy atom. The summed E-state index contributed by atoms with van der Waals surface area (Å²) in [6.07, 6.45) is 4.50. The van der Waals surface area contributed by atoms with Gasteiger partial charge in [-0.3, -0.25) is 0 Å².